The van der Waals surface area contributed by atoms with E-state index < -0.39 is 13.0 Å². The van der Waals surface area contributed by atoms with Gasteiger partial charge in [-0.3, -0.25) is 4.79 Å². The van der Waals surface area contributed by atoms with Gasteiger partial charge in [0.05, 0.1) is 31.5 Å². The predicted molar refractivity (Wildman–Crippen MR) is 67.5 cm³/mol. The molecule has 1 aromatic rings. The van der Waals surface area contributed by atoms with Crippen molar-refractivity contribution >= 4 is 17.3 Å². The first kappa shape index (κ1) is 15.2. The van der Waals surface area contributed by atoms with Crippen LogP contribution in [0.5, 0.6) is 5.75 Å². The fraction of sp³-hybridized carbons (Fsp3) is 0.417. The third-order valence-corrected chi connectivity index (χ3v) is 2.25. The second-order valence-electron chi connectivity index (χ2n) is 3.72. The van der Waals surface area contributed by atoms with E-state index in [0.717, 1.165) is 0 Å². The summed E-state index contributed by atoms with van der Waals surface area (Å²) in [4.78, 5) is 11.5. The lowest BCUT2D eigenvalue weighted by atomic mass is 10.2. The molecule has 0 aliphatic rings. The number of hydrogen-bond donors (Lipinski definition) is 2. The van der Waals surface area contributed by atoms with Crippen LogP contribution in [-0.2, 0) is 9.53 Å². The van der Waals surface area contributed by atoms with E-state index in [0.29, 0.717) is 17.1 Å². The average molecular weight is 274 g/mol. The molecule has 0 radical (unpaired) electrons. The molecule has 0 aliphatic carbocycles. The molecule has 19 heavy (non-hydrogen) atoms. The predicted octanol–water partition coefficient (Wildman–Crippen LogP) is 1.89. The Morgan fingerprint density at radius 2 is 2.21 bits per heavy atom. The number of benzene rings is 1. The second kappa shape index (κ2) is 7.52. The van der Waals surface area contributed by atoms with Gasteiger partial charge in [-0.15, -0.1) is 0 Å². The average Bonchev–Trinajstić information content (AvgIpc) is 2.37. The fourth-order valence-corrected chi connectivity index (χ4v) is 1.32. The van der Waals surface area contributed by atoms with Crippen LogP contribution in [0.4, 0.5) is 20.2 Å². The number of halogens is 2. The molecule has 106 valence electrons. The lowest BCUT2D eigenvalue weighted by molar-refractivity contribution is -0.117. The molecule has 0 heterocycles. The van der Waals surface area contributed by atoms with E-state index >= 15 is 0 Å². The summed E-state index contributed by atoms with van der Waals surface area (Å²) in [5.74, 6) is 0.188. The monoisotopic (exact) mass is 274 g/mol. The van der Waals surface area contributed by atoms with Gasteiger partial charge < -0.3 is 20.5 Å². The number of amides is 1. The van der Waals surface area contributed by atoms with Crippen LogP contribution in [0.1, 0.15) is 6.42 Å². The van der Waals surface area contributed by atoms with Crippen LogP contribution in [0.2, 0.25) is 0 Å². The molecular formula is C12H16F2N2O3. The molecule has 5 nitrogen and oxygen atoms in total. The number of hydrogen-bond acceptors (Lipinski definition) is 4. The normalized spacial score (nSPS) is 10.5. The maximum absolute atomic E-state index is 11.8. The molecule has 0 saturated carbocycles. The van der Waals surface area contributed by atoms with Crippen molar-refractivity contribution in [2.75, 3.05) is 31.4 Å². The van der Waals surface area contributed by atoms with E-state index in [2.05, 4.69) is 10.1 Å². The summed E-state index contributed by atoms with van der Waals surface area (Å²) >= 11 is 0. The third kappa shape index (κ3) is 5.52. The molecular weight excluding hydrogens is 258 g/mol. The van der Waals surface area contributed by atoms with E-state index in [1.54, 1.807) is 18.2 Å². The van der Waals surface area contributed by atoms with Crippen molar-refractivity contribution < 1.29 is 23.0 Å². The quantitative estimate of drug-likeness (QED) is 0.588. The molecule has 0 atom stereocenters. The number of alkyl halides is 2. The Hall–Kier alpha value is -1.89. The molecule has 0 aliphatic heterocycles. The number of nitrogen functional groups attached to an aromatic ring is 1. The lowest BCUT2D eigenvalue weighted by Gasteiger charge is -2.10. The van der Waals surface area contributed by atoms with E-state index in [1.807, 2.05) is 0 Å². The zero-order chi connectivity index (χ0) is 14.3. The standard InChI is InChI=1S/C12H16F2N2O3/c1-18-8-2-3-9(15)10(6-8)16-12(17)4-5-19-7-11(13)14/h2-3,6,11H,4-5,7,15H2,1H3,(H,16,17). The van der Waals surface area contributed by atoms with Crippen LogP contribution < -0.4 is 15.8 Å². The smallest absolute Gasteiger partial charge is 0.261 e. The molecule has 0 bridgehead atoms. The van der Waals surface area contributed by atoms with Gasteiger partial charge in [-0.25, -0.2) is 8.78 Å². The van der Waals surface area contributed by atoms with Gasteiger partial charge in [0.25, 0.3) is 6.43 Å². The molecule has 1 amide bonds. The number of anilines is 2. The Balaban J connectivity index is 2.43. The van der Waals surface area contributed by atoms with Gasteiger partial charge in [0, 0.05) is 6.07 Å². The van der Waals surface area contributed by atoms with Gasteiger partial charge in [0.1, 0.15) is 12.4 Å². The number of carbonyl (C=O) groups excluding carboxylic acids is 1. The van der Waals surface area contributed by atoms with E-state index in [4.69, 9.17) is 10.5 Å². The first-order valence-electron chi connectivity index (χ1n) is 5.62. The molecule has 0 unspecified atom stereocenters. The summed E-state index contributed by atoms with van der Waals surface area (Å²) in [6.45, 7) is -0.741. The Bertz CT molecular complexity index is 427. The number of rotatable bonds is 7. The molecule has 0 spiro atoms. The van der Waals surface area contributed by atoms with Crippen LogP contribution >= 0.6 is 0 Å². The lowest BCUT2D eigenvalue weighted by Crippen LogP contribution is -2.16. The first-order chi connectivity index (χ1) is 9.02. The molecule has 0 fully saturated rings. The number of nitrogens with two attached hydrogens (primary N) is 1. The highest BCUT2D eigenvalue weighted by molar-refractivity contribution is 5.94. The first-order valence-corrected chi connectivity index (χ1v) is 5.62. The van der Waals surface area contributed by atoms with Gasteiger partial charge in [-0.2, -0.15) is 0 Å². The fourth-order valence-electron chi connectivity index (χ4n) is 1.32. The van der Waals surface area contributed by atoms with E-state index in [-0.39, 0.29) is 18.9 Å². The van der Waals surface area contributed by atoms with Crippen LogP contribution in [-0.4, -0.2) is 32.7 Å². The topological polar surface area (TPSA) is 73.6 Å². The van der Waals surface area contributed by atoms with Gasteiger partial charge in [0.2, 0.25) is 5.91 Å². The van der Waals surface area contributed by atoms with E-state index in [9.17, 15) is 13.6 Å². The maximum Gasteiger partial charge on any atom is 0.261 e. The highest BCUT2D eigenvalue weighted by atomic mass is 19.3. The molecule has 0 aromatic heterocycles. The Kier molecular flexibility index (Phi) is 6.01. The van der Waals surface area contributed by atoms with Crippen molar-refractivity contribution in [1.29, 1.82) is 0 Å². The molecule has 0 saturated heterocycles. The Morgan fingerprint density at radius 3 is 2.84 bits per heavy atom. The van der Waals surface area contributed by atoms with Crippen LogP contribution in [0.3, 0.4) is 0 Å². The number of methoxy groups -OCH3 is 1. The van der Waals surface area contributed by atoms with Crippen molar-refractivity contribution in [3.8, 4) is 5.75 Å². The minimum atomic E-state index is -2.53. The number of carbonyl (C=O) groups is 1. The maximum atomic E-state index is 11.8. The Morgan fingerprint density at radius 1 is 1.47 bits per heavy atom. The summed E-state index contributed by atoms with van der Waals surface area (Å²) in [5.41, 5.74) is 6.49. The number of ether oxygens (including phenoxy) is 2. The molecule has 1 rings (SSSR count). The van der Waals surface area contributed by atoms with E-state index in [1.165, 1.54) is 7.11 Å². The van der Waals surface area contributed by atoms with Crippen molar-refractivity contribution in [2.45, 2.75) is 12.8 Å². The van der Waals surface area contributed by atoms with Gasteiger partial charge in [-0.05, 0) is 12.1 Å². The molecule has 3 N–H and O–H groups in total. The summed E-state index contributed by atoms with van der Waals surface area (Å²) in [7, 11) is 1.50. The minimum Gasteiger partial charge on any atom is -0.497 e. The van der Waals surface area contributed by atoms with Gasteiger partial charge in [-0.1, -0.05) is 0 Å². The molecule has 7 heteroatoms. The minimum absolute atomic E-state index is 0.0244. The highest BCUT2D eigenvalue weighted by Gasteiger charge is 2.08. The number of nitrogens with one attached hydrogen (secondary N) is 1. The third-order valence-electron chi connectivity index (χ3n) is 2.25. The van der Waals surface area contributed by atoms with Crippen molar-refractivity contribution in [3.63, 3.8) is 0 Å². The summed E-state index contributed by atoms with van der Waals surface area (Å²) in [5, 5.41) is 2.56. The highest BCUT2D eigenvalue weighted by Crippen LogP contribution is 2.24. The van der Waals surface area contributed by atoms with Crippen molar-refractivity contribution in [1.82, 2.24) is 0 Å². The largest absolute Gasteiger partial charge is 0.497 e. The van der Waals surface area contributed by atoms with Crippen molar-refractivity contribution in [2.24, 2.45) is 0 Å². The zero-order valence-electron chi connectivity index (χ0n) is 10.5. The second-order valence-corrected chi connectivity index (χ2v) is 3.72. The van der Waals surface area contributed by atoms with Crippen LogP contribution in [0, 0.1) is 0 Å². The zero-order valence-corrected chi connectivity index (χ0v) is 10.5. The molecule has 1 aromatic carbocycles. The van der Waals surface area contributed by atoms with Crippen LogP contribution in [0.15, 0.2) is 18.2 Å². The summed E-state index contributed by atoms with van der Waals surface area (Å²) in [6.07, 6.45) is -2.55. The summed E-state index contributed by atoms with van der Waals surface area (Å²) < 4.78 is 33.2. The SMILES string of the molecule is COc1ccc(N)c(NC(=O)CCOCC(F)F)c1. The summed E-state index contributed by atoms with van der Waals surface area (Å²) in [6, 6.07) is 4.84. The van der Waals surface area contributed by atoms with Crippen molar-refractivity contribution in [3.05, 3.63) is 18.2 Å². The van der Waals surface area contributed by atoms with Crippen LogP contribution in [0.25, 0.3) is 0 Å². The Labute approximate surface area is 109 Å². The van der Waals surface area contributed by atoms with Gasteiger partial charge >= 0.3 is 0 Å². The van der Waals surface area contributed by atoms with Gasteiger partial charge in [0.15, 0.2) is 0 Å².